The second-order valence-corrected chi connectivity index (χ2v) is 13.4. The molecule has 0 aromatic carbocycles. The van der Waals surface area contributed by atoms with Crippen molar-refractivity contribution in [3.05, 3.63) is 23.3 Å². The van der Waals surface area contributed by atoms with Gasteiger partial charge in [0.15, 0.2) is 17.7 Å². The van der Waals surface area contributed by atoms with Crippen molar-refractivity contribution in [2.45, 2.75) is 101 Å². The number of rotatable bonds is 1. The summed E-state index contributed by atoms with van der Waals surface area (Å²) >= 11 is 6.87. The van der Waals surface area contributed by atoms with Crippen molar-refractivity contribution in [1.29, 1.82) is 0 Å². The number of cyclic esters (lactones) is 1. The molecule has 4 fully saturated rings. The summed E-state index contributed by atoms with van der Waals surface area (Å²) in [5.41, 5.74) is -3.64. The standard InChI is InChI=1S/C28H37ClO7/c1-13-14(2)23(31)35-21(13)22-15(3)26(32)10-8-17-16-11-19(29)27(33)9-6-7-20(30)24(27,4)18(16)12-28(34,36-22)25(17,26)5/h6-7,15-19,21-22,32-34H,8-12H2,1-5H3. The molecule has 0 amide bonds. The number of carbonyl (C=O) groups excluding carboxylic acids is 2. The molecule has 2 aliphatic heterocycles. The number of esters is 1. The van der Waals surface area contributed by atoms with Gasteiger partial charge in [-0.25, -0.2) is 4.79 Å². The molecule has 7 nitrogen and oxygen atoms in total. The minimum atomic E-state index is -1.78. The minimum Gasteiger partial charge on any atom is -0.452 e. The fourth-order valence-electron chi connectivity index (χ4n) is 9.53. The van der Waals surface area contributed by atoms with Crippen LogP contribution < -0.4 is 0 Å². The van der Waals surface area contributed by atoms with E-state index in [0.29, 0.717) is 24.8 Å². The highest BCUT2D eigenvalue weighted by atomic mass is 35.5. The summed E-state index contributed by atoms with van der Waals surface area (Å²) < 4.78 is 12.3. The Balaban J connectivity index is 1.48. The van der Waals surface area contributed by atoms with Gasteiger partial charge in [0.1, 0.15) is 6.10 Å². The van der Waals surface area contributed by atoms with Gasteiger partial charge >= 0.3 is 5.97 Å². The van der Waals surface area contributed by atoms with Gasteiger partial charge in [0.2, 0.25) is 0 Å². The van der Waals surface area contributed by atoms with Crippen LogP contribution in [0, 0.1) is 34.5 Å². The molecular weight excluding hydrogens is 484 g/mol. The Morgan fingerprint density at radius 3 is 2.42 bits per heavy atom. The number of ketones is 1. The van der Waals surface area contributed by atoms with Crippen LogP contribution in [0.3, 0.4) is 0 Å². The van der Waals surface area contributed by atoms with Crippen LogP contribution >= 0.6 is 11.6 Å². The molecule has 6 aliphatic rings. The summed E-state index contributed by atoms with van der Waals surface area (Å²) in [5.74, 6) is -3.39. The normalized spacial score (nSPS) is 57.9. The highest BCUT2D eigenvalue weighted by molar-refractivity contribution is 6.22. The topological polar surface area (TPSA) is 113 Å². The monoisotopic (exact) mass is 520 g/mol. The highest BCUT2D eigenvalue weighted by Crippen LogP contribution is 2.74. The van der Waals surface area contributed by atoms with Crippen molar-refractivity contribution >= 4 is 23.4 Å². The van der Waals surface area contributed by atoms with Crippen molar-refractivity contribution in [2.24, 2.45) is 34.5 Å². The van der Waals surface area contributed by atoms with Crippen LogP contribution in [-0.2, 0) is 19.1 Å². The molecule has 0 bridgehead atoms. The van der Waals surface area contributed by atoms with E-state index in [9.17, 15) is 24.9 Å². The Labute approximate surface area is 216 Å². The summed E-state index contributed by atoms with van der Waals surface area (Å²) in [4.78, 5) is 25.8. The zero-order chi connectivity index (χ0) is 26.2. The van der Waals surface area contributed by atoms with Crippen molar-refractivity contribution in [1.82, 2.24) is 0 Å². The minimum absolute atomic E-state index is 0.0620. The molecule has 0 aromatic heterocycles. The van der Waals surface area contributed by atoms with Crippen molar-refractivity contribution in [3.63, 3.8) is 0 Å². The average Bonchev–Trinajstić information content (AvgIpc) is 3.25. The van der Waals surface area contributed by atoms with Crippen LogP contribution in [0.1, 0.15) is 66.7 Å². The molecule has 12 atom stereocenters. The summed E-state index contributed by atoms with van der Waals surface area (Å²) in [5, 5.41) is 36.0. The Morgan fingerprint density at radius 2 is 1.78 bits per heavy atom. The van der Waals surface area contributed by atoms with E-state index >= 15 is 0 Å². The summed E-state index contributed by atoms with van der Waals surface area (Å²) in [6.07, 6.45) is 3.75. The first-order chi connectivity index (χ1) is 16.7. The van der Waals surface area contributed by atoms with Gasteiger partial charge in [0.05, 0.1) is 27.4 Å². The summed E-state index contributed by atoms with van der Waals surface area (Å²) in [6.45, 7) is 9.16. The van der Waals surface area contributed by atoms with Crippen molar-refractivity contribution in [3.8, 4) is 0 Å². The number of halogens is 1. The lowest BCUT2D eigenvalue weighted by molar-refractivity contribution is -0.417. The Morgan fingerprint density at radius 1 is 1.08 bits per heavy atom. The zero-order valence-corrected chi connectivity index (χ0v) is 22.3. The number of fused-ring (bicyclic) bond motifs is 4. The first kappa shape index (κ1) is 25.1. The van der Waals surface area contributed by atoms with Crippen LogP contribution in [0.15, 0.2) is 23.3 Å². The molecule has 0 aromatic rings. The van der Waals surface area contributed by atoms with Crippen molar-refractivity contribution < 1.29 is 34.4 Å². The molecular formula is C28H37ClO7. The third-order valence-corrected chi connectivity index (χ3v) is 12.6. The maximum Gasteiger partial charge on any atom is 0.334 e. The smallest absolute Gasteiger partial charge is 0.334 e. The fourth-order valence-corrected chi connectivity index (χ4v) is 10.0. The number of allylic oxidation sites excluding steroid dienone is 1. The first-order valence-electron chi connectivity index (χ1n) is 13.3. The predicted octanol–water partition coefficient (Wildman–Crippen LogP) is 3.03. The lowest BCUT2D eigenvalue weighted by Gasteiger charge is -2.69. The lowest BCUT2D eigenvalue weighted by atomic mass is 9.41. The number of carbonyl (C=O) groups is 2. The van der Waals surface area contributed by atoms with E-state index in [1.54, 1.807) is 19.9 Å². The van der Waals surface area contributed by atoms with Gasteiger partial charge in [-0.3, -0.25) is 4.79 Å². The SMILES string of the molecule is CC1=C(C)C(C2OC3(O)CC4C(CC(Cl)C5(O)CC=CC(=O)C45C)C4CCC(O)(C2C)C43C)OC1=O. The van der Waals surface area contributed by atoms with Gasteiger partial charge in [0, 0.05) is 17.9 Å². The van der Waals surface area contributed by atoms with E-state index in [1.165, 1.54) is 6.08 Å². The van der Waals surface area contributed by atoms with Crippen LogP contribution in [-0.4, -0.2) is 61.6 Å². The van der Waals surface area contributed by atoms with E-state index in [0.717, 1.165) is 5.57 Å². The zero-order valence-electron chi connectivity index (χ0n) is 21.6. The Bertz CT molecular complexity index is 1120. The van der Waals surface area contributed by atoms with Crippen LogP contribution in [0.4, 0.5) is 0 Å². The highest BCUT2D eigenvalue weighted by Gasteiger charge is 2.80. The lowest BCUT2D eigenvalue weighted by Crippen LogP contribution is -2.78. The largest absolute Gasteiger partial charge is 0.452 e. The van der Waals surface area contributed by atoms with E-state index < -0.39 is 57.3 Å². The number of hydrogen-bond donors (Lipinski definition) is 3. The summed E-state index contributed by atoms with van der Waals surface area (Å²) in [6, 6.07) is 0. The summed E-state index contributed by atoms with van der Waals surface area (Å²) in [7, 11) is 0. The third-order valence-electron chi connectivity index (χ3n) is 12.1. The van der Waals surface area contributed by atoms with Gasteiger partial charge in [-0.2, -0.15) is 0 Å². The number of alkyl halides is 1. The van der Waals surface area contributed by atoms with Gasteiger partial charge in [0.25, 0.3) is 0 Å². The molecule has 3 N–H and O–H groups in total. The molecule has 1 saturated heterocycles. The number of aliphatic hydroxyl groups is 3. The van der Waals surface area contributed by atoms with E-state index in [-0.39, 0.29) is 36.4 Å². The fraction of sp³-hybridized carbons (Fsp3) is 0.786. The molecule has 36 heavy (non-hydrogen) atoms. The molecule has 198 valence electrons. The second-order valence-electron chi connectivity index (χ2n) is 12.8. The van der Waals surface area contributed by atoms with Crippen molar-refractivity contribution in [2.75, 3.05) is 0 Å². The molecule has 12 unspecified atom stereocenters. The molecule has 4 aliphatic carbocycles. The third kappa shape index (κ3) is 2.51. The van der Waals surface area contributed by atoms with Gasteiger partial charge in [-0.05, 0) is 75.9 Å². The molecule has 0 radical (unpaired) electrons. The quantitative estimate of drug-likeness (QED) is 0.360. The molecule has 8 heteroatoms. The molecule has 3 saturated carbocycles. The molecule has 2 heterocycles. The maximum absolute atomic E-state index is 13.5. The Hall–Kier alpha value is -1.25. The number of hydrogen-bond acceptors (Lipinski definition) is 7. The molecule has 0 spiro atoms. The van der Waals surface area contributed by atoms with Crippen LogP contribution in [0.25, 0.3) is 0 Å². The number of ether oxygens (including phenoxy) is 2. The predicted molar refractivity (Wildman–Crippen MR) is 131 cm³/mol. The van der Waals surface area contributed by atoms with Gasteiger partial charge in [-0.15, -0.1) is 11.6 Å². The average molecular weight is 521 g/mol. The van der Waals surface area contributed by atoms with E-state index in [4.69, 9.17) is 21.1 Å². The first-order valence-corrected chi connectivity index (χ1v) is 13.7. The maximum atomic E-state index is 13.5. The second kappa shape index (κ2) is 7.23. The van der Waals surface area contributed by atoms with E-state index in [1.807, 2.05) is 20.8 Å². The van der Waals surface area contributed by atoms with Gasteiger partial charge in [-0.1, -0.05) is 19.9 Å². The van der Waals surface area contributed by atoms with Crippen LogP contribution in [0.2, 0.25) is 0 Å². The van der Waals surface area contributed by atoms with Gasteiger partial charge < -0.3 is 24.8 Å². The van der Waals surface area contributed by atoms with Crippen LogP contribution in [0.5, 0.6) is 0 Å². The van der Waals surface area contributed by atoms with E-state index in [2.05, 4.69) is 0 Å². The Kier molecular flexibility index (Phi) is 5.03. The molecule has 6 rings (SSSR count).